The Morgan fingerprint density at radius 3 is 2.59 bits per heavy atom. The van der Waals surface area contributed by atoms with Crippen LogP contribution in [0.15, 0.2) is 60.7 Å². The smallest absolute Gasteiger partial charge is 0.313 e. The molecule has 0 fully saturated rings. The van der Waals surface area contributed by atoms with Gasteiger partial charge >= 0.3 is 5.69 Å². The van der Waals surface area contributed by atoms with Gasteiger partial charge in [0.25, 0.3) is 5.91 Å². The molecular formula is C21H20N2O4. The molecule has 6 heteroatoms. The van der Waals surface area contributed by atoms with Crippen molar-refractivity contribution in [3.05, 3.63) is 81.9 Å². The number of aryl methyl sites for hydroxylation is 1. The van der Waals surface area contributed by atoms with Gasteiger partial charge in [-0.3, -0.25) is 14.9 Å². The number of ether oxygens (including phenoxy) is 1. The van der Waals surface area contributed by atoms with Crippen LogP contribution in [-0.4, -0.2) is 17.4 Å². The number of nitro groups is 1. The number of hydrogen-bond donors (Lipinski definition) is 1. The summed E-state index contributed by atoms with van der Waals surface area (Å²) in [5.41, 5.74) is 1.35. The monoisotopic (exact) mass is 364 g/mol. The molecule has 3 aromatic carbocycles. The van der Waals surface area contributed by atoms with Crippen LogP contribution in [0.25, 0.3) is 10.8 Å². The molecule has 0 aliphatic carbocycles. The van der Waals surface area contributed by atoms with E-state index in [1.807, 2.05) is 49.4 Å². The largest absolute Gasteiger partial charge is 0.477 e. The molecule has 0 saturated carbocycles. The highest BCUT2D eigenvalue weighted by molar-refractivity contribution is 5.83. The maximum atomic E-state index is 12.2. The van der Waals surface area contributed by atoms with Crippen LogP contribution in [0.3, 0.4) is 0 Å². The number of para-hydroxylation sites is 1. The Balaban J connectivity index is 1.65. The van der Waals surface area contributed by atoms with Gasteiger partial charge in [0.15, 0.2) is 12.4 Å². The summed E-state index contributed by atoms with van der Waals surface area (Å²) in [7, 11) is 0. The lowest BCUT2D eigenvalue weighted by Gasteiger charge is -2.15. The fourth-order valence-electron chi connectivity index (χ4n) is 2.97. The van der Waals surface area contributed by atoms with E-state index in [1.165, 1.54) is 6.07 Å². The normalized spacial score (nSPS) is 11.8. The van der Waals surface area contributed by atoms with Crippen LogP contribution in [0.2, 0.25) is 0 Å². The van der Waals surface area contributed by atoms with Gasteiger partial charge in [0.05, 0.1) is 11.0 Å². The zero-order valence-electron chi connectivity index (χ0n) is 15.1. The zero-order chi connectivity index (χ0) is 19.4. The third kappa shape index (κ3) is 4.23. The van der Waals surface area contributed by atoms with Crippen LogP contribution >= 0.6 is 0 Å². The van der Waals surface area contributed by atoms with Gasteiger partial charge in [-0.1, -0.05) is 48.5 Å². The molecule has 1 unspecified atom stereocenters. The molecule has 0 bridgehead atoms. The molecule has 0 heterocycles. The van der Waals surface area contributed by atoms with E-state index >= 15 is 0 Å². The maximum Gasteiger partial charge on any atom is 0.313 e. The van der Waals surface area contributed by atoms with E-state index in [2.05, 4.69) is 5.32 Å². The van der Waals surface area contributed by atoms with Crippen molar-refractivity contribution >= 4 is 22.4 Å². The highest BCUT2D eigenvalue weighted by atomic mass is 16.6. The number of amides is 1. The second-order valence-corrected chi connectivity index (χ2v) is 6.36. The van der Waals surface area contributed by atoms with E-state index < -0.39 is 4.92 Å². The van der Waals surface area contributed by atoms with Crippen LogP contribution in [0.5, 0.6) is 5.75 Å². The van der Waals surface area contributed by atoms with Gasteiger partial charge in [-0.2, -0.15) is 0 Å². The number of benzene rings is 3. The van der Waals surface area contributed by atoms with Gasteiger partial charge in [0.2, 0.25) is 0 Å². The van der Waals surface area contributed by atoms with Gasteiger partial charge in [-0.25, -0.2) is 0 Å². The molecular weight excluding hydrogens is 344 g/mol. The van der Waals surface area contributed by atoms with E-state index in [0.717, 1.165) is 16.3 Å². The molecule has 3 rings (SSSR count). The Labute approximate surface area is 156 Å². The maximum absolute atomic E-state index is 12.2. The minimum absolute atomic E-state index is 0.0912. The summed E-state index contributed by atoms with van der Waals surface area (Å²) >= 11 is 0. The van der Waals surface area contributed by atoms with E-state index in [-0.39, 0.29) is 30.0 Å². The van der Waals surface area contributed by atoms with Gasteiger partial charge in [-0.15, -0.1) is 0 Å². The number of fused-ring (bicyclic) bond motifs is 1. The van der Waals surface area contributed by atoms with Gasteiger partial charge < -0.3 is 10.1 Å². The molecule has 27 heavy (non-hydrogen) atoms. The highest BCUT2D eigenvalue weighted by Gasteiger charge is 2.19. The Morgan fingerprint density at radius 1 is 1.11 bits per heavy atom. The third-order valence-electron chi connectivity index (χ3n) is 4.39. The molecule has 6 nitrogen and oxygen atoms in total. The van der Waals surface area contributed by atoms with E-state index in [9.17, 15) is 14.9 Å². The van der Waals surface area contributed by atoms with E-state index in [1.54, 1.807) is 19.1 Å². The van der Waals surface area contributed by atoms with Crippen molar-refractivity contribution in [2.24, 2.45) is 0 Å². The number of rotatable bonds is 6. The molecule has 0 aliphatic heterocycles. The summed E-state index contributed by atoms with van der Waals surface area (Å²) in [6, 6.07) is 18.6. The van der Waals surface area contributed by atoms with Crippen LogP contribution in [0.1, 0.15) is 24.1 Å². The van der Waals surface area contributed by atoms with Gasteiger partial charge in [0.1, 0.15) is 0 Å². The first-order valence-electron chi connectivity index (χ1n) is 8.60. The SMILES string of the molecule is Cc1cccc(OCC(=O)NC(C)c2ccc3ccccc3c2)c1[N+](=O)[O-]. The molecule has 0 aromatic heterocycles. The first-order valence-corrected chi connectivity index (χ1v) is 8.60. The molecule has 1 atom stereocenters. The molecule has 0 saturated heterocycles. The Kier molecular flexibility index (Phi) is 5.35. The quantitative estimate of drug-likeness (QED) is 0.522. The molecule has 0 spiro atoms. The van der Waals surface area contributed by atoms with E-state index in [4.69, 9.17) is 4.74 Å². The van der Waals surface area contributed by atoms with Crippen molar-refractivity contribution in [3.8, 4) is 5.75 Å². The van der Waals surface area contributed by atoms with Crippen molar-refractivity contribution in [3.63, 3.8) is 0 Å². The number of nitrogens with zero attached hydrogens (tertiary/aromatic N) is 1. The molecule has 1 N–H and O–H groups in total. The molecule has 1 amide bonds. The lowest BCUT2D eigenvalue weighted by molar-refractivity contribution is -0.386. The number of nitro benzene ring substituents is 1. The predicted octanol–water partition coefficient (Wildman–Crippen LogP) is 4.31. The van der Waals surface area contributed by atoms with Crippen LogP contribution < -0.4 is 10.1 Å². The Hall–Kier alpha value is -3.41. The average Bonchev–Trinajstić information content (AvgIpc) is 2.65. The summed E-state index contributed by atoms with van der Waals surface area (Å²) in [6.45, 7) is 3.23. The van der Waals surface area contributed by atoms with Crippen molar-refractivity contribution < 1.29 is 14.5 Å². The van der Waals surface area contributed by atoms with Crippen LogP contribution in [0, 0.1) is 17.0 Å². The van der Waals surface area contributed by atoms with Crippen LogP contribution in [0.4, 0.5) is 5.69 Å². The highest BCUT2D eigenvalue weighted by Crippen LogP contribution is 2.30. The molecule has 3 aromatic rings. The van der Waals surface area contributed by atoms with Crippen molar-refractivity contribution in [2.75, 3.05) is 6.61 Å². The minimum Gasteiger partial charge on any atom is -0.477 e. The van der Waals surface area contributed by atoms with Gasteiger partial charge in [0, 0.05) is 5.56 Å². The van der Waals surface area contributed by atoms with Crippen LogP contribution in [-0.2, 0) is 4.79 Å². The number of nitrogens with one attached hydrogen (secondary N) is 1. The van der Waals surface area contributed by atoms with Crippen molar-refractivity contribution in [2.45, 2.75) is 19.9 Å². The fraction of sp³-hybridized carbons (Fsp3) is 0.190. The Morgan fingerprint density at radius 2 is 1.85 bits per heavy atom. The Bertz CT molecular complexity index is 1000. The molecule has 0 aliphatic rings. The number of carbonyl (C=O) groups excluding carboxylic acids is 1. The summed E-state index contributed by atoms with van der Waals surface area (Å²) in [6.07, 6.45) is 0. The standard InChI is InChI=1S/C21H20N2O4/c1-14-6-5-9-19(21(14)23(25)26)27-13-20(24)22-15(2)17-11-10-16-7-3-4-8-18(16)12-17/h3-12,15H,13H2,1-2H3,(H,22,24). The second kappa shape index (κ2) is 7.86. The topological polar surface area (TPSA) is 81.5 Å². The lowest BCUT2D eigenvalue weighted by atomic mass is 10.0. The fourth-order valence-corrected chi connectivity index (χ4v) is 2.97. The second-order valence-electron chi connectivity index (χ2n) is 6.36. The lowest BCUT2D eigenvalue weighted by Crippen LogP contribution is -2.31. The predicted molar refractivity (Wildman–Crippen MR) is 104 cm³/mol. The summed E-state index contributed by atoms with van der Waals surface area (Å²) < 4.78 is 5.39. The number of carbonyl (C=O) groups is 1. The molecule has 138 valence electrons. The summed E-state index contributed by atoms with van der Waals surface area (Å²) in [4.78, 5) is 22.9. The summed E-state index contributed by atoms with van der Waals surface area (Å²) in [5.74, 6) is -0.250. The third-order valence-corrected chi connectivity index (χ3v) is 4.39. The number of hydrogen-bond acceptors (Lipinski definition) is 4. The average molecular weight is 364 g/mol. The molecule has 0 radical (unpaired) electrons. The summed E-state index contributed by atoms with van der Waals surface area (Å²) in [5, 5.41) is 16.3. The van der Waals surface area contributed by atoms with Crippen molar-refractivity contribution in [1.29, 1.82) is 0 Å². The van der Waals surface area contributed by atoms with Crippen molar-refractivity contribution in [1.82, 2.24) is 5.32 Å². The first kappa shape index (κ1) is 18.4. The first-order chi connectivity index (χ1) is 13.0. The van der Waals surface area contributed by atoms with E-state index in [0.29, 0.717) is 5.56 Å². The minimum atomic E-state index is -0.500. The van der Waals surface area contributed by atoms with Gasteiger partial charge in [-0.05, 0) is 42.3 Å². The zero-order valence-corrected chi connectivity index (χ0v) is 15.1.